The third-order valence-electron chi connectivity index (χ3n) is 5.01. The van der Waals surface area contributed by atoms with E-state index in [0.717, 1.165) is 36.0 Å². The number of nitrogens with zero attached hydrogens (tertiary/aromatic N) is 5. The van der Waals surface area contributed by atoms with E-state index in [1.165, 1.54) is 0 Å². The van der Waals surface area contributed by atoms with Gasteiger partial charge < -0.3 is 25.6 Å². The van der Waals surface area contributed by atoms with Crippen molar-refractivity contribution in [1.29, 1.82) is 0 Å². The van der Waals surface area contributed by atoms with Gasteiger partial charge in [0.1, 0.15) is 17.1 Å². The number of ether oxygens (including phenoxy) is 2. The summed E-state index contributed by atoms with van der Waals surface area (Å²) in [6.07, 6.45) is 5.64. The molecule has 4 heterocycles. The predicted octanol–water partition coefficient (Wildman–Crippen LogP) is 1.47. The molecule has 0 atom stereocenters. The fraction of sp³-hybridized carbons (Fsp3) is 0.500. The molecule has 1 aliphatic heterocycles. The van der Waals surface area contributed by atoms with Gasteiger partial charge in [-0.3, -0.25) is 9.67 Å². The summed E-state index contributed by atoms with van der Waals surface area (Å²) in [4.78, 5) is 13.1. The first-order valence-corrected chi connectivity index (χ1v) is 10.2. The Kier molecular flexibility index (Phi) is 6.36. The number of hydrogen-bond donors (Lipinski definition) is 3. The molecule has 0 spiro atoms. The molecular weight excluding hydrogens is 386 g/mol. The van der Waals surface area contributed by atoms with Gasteiger partial charge in [0.05, 0.1) is 44.9 Å². The Hall–Kier alpha value is -2.82. The van der Waals surface area contributed by atoms with Gasteiger partial charge in [0, 0.05) is 12.7 Å². The molecule has 10 nitrogen and oxygen atoms in total. The highest BCUT2D eigenvalue weighted by atomic mass is 16.6. The molecule has 3 aromatic heterocycles. The smallest absolute Gasteiger partial charge is 0.222 e. The fourth-order valence-corrected chi connectivity index (χ4v) is 3.28. The van der Waals surface area contributed by atoms with Crippen molar-refractivity contribution in [3.05, 3.63) is 35.3 Å². The van der Waals surface area contributed by atoms with Crippen LogP contribution >= 0.6 is 0 Å². The lowest BCUT2D eigenvalue weighted by atomic mass is 10.1. The monoisotopic (exact) mass is 413 g/mol. The zero-order valence-electron chi connectivity index (χ0n) is 17.0. The molecule has 3 aromatic rings. The molecule has 1 fully saturated rings. The van der Waals surface area contributed by atoms with Crippen LogP contribution < -0.4 is 11.1 Å². The summed E-state index contributed by atoms with van der Waals surface area (Å²) in [6, 6.07) is 1.99. The van der Waals surface area contributed by atoms with Gasteiger partial charge in [0.25, 0.3) is 0 Å². The quantitative estimate of drug-likeness (QED) is 0.422. The van der Waals surface area contributed by atoms with Gasteiger partial charge in [-0.2, -0.15) is 10.1 Å². The van der Waals surface area contributed by atoms with E-state index in [9.17, 15) is 5.11 Å². The fourth-order valence-electron chi connectivity index (χ4n) is 3.28. The van der Waals surface area contributed by atoms with E-state index in [1.807, 2.05) is 10.7 Å². The number of aliphatic hydroxyl groups excluding tert-OH is 1. The largest absolute Gasteiger partial charge is 0.390 e. The lowest BCUT2D eigenvalue weighted by molar-refractivity contribution is -0.135. The second-order valence-corrected chi connectivity index (χ2v) is 7.32. The molecule has 0 saturated carbocycles. The second-order valence-electron chi connectivity index (χ2n) is 7.32. The first kappa shape index (κ1) is 20.5. The first-order chi connectivity index (χ1) is 14.7. The SMILES string of the molecule is CCCCNc1nc(N)nc2cnn(Cc3cc(COC4COC4)cnc3CO)c12. The highest BCUT2D eigenvalue weighted by Gasteiger charge is 2.19. The summed E-state index contributed by atoms with van der Waals surface area (Å²) in [7, 11) is 0. The van der Waals surface area contributed by atoms with Crippen molar-refractivity contribution in [3.8, 4) is 0 Å². The van der Waals surface area contributed by atoms with Crippen molar-refractivity contribution in [3.63, 3.8) is 0 Å². The number of aliphatic hydroxyl groups is 1. The number of nitrogens with two attached hydrogens (primary N) is 1. The number of nitrogen functional groups attached to an aromatic ring is 1. The summed E-state index contributed by atoms with van der Waals surface area (Å²) < 4.78 is 12.7. The molecule has 0 bridgehead atoms. The summed E-state index contributed by atoms with van der Waals surface area (Å²) >= 11 is 0. The van der Waals surface area contributed by atoms with Crippen molar-refractivity contribution in [2.24, 2.45) is 0 Å². The lowest BCUT2D eigenvalue weighted by Gasteiger charge is -2.26. The van der Waals surface area contributed by atoms with E-state index < -0.39 is 0 Å². The van der Waals surface area contributed by atoms with Crippen LogP contribution in [-0.2, 0) is 29.2 Å². The van der Waals surface area contributed by atoms with E-state index in [0.29, 0.717) is 43.4 Å². The third-order valence-corrected chi connectivity index (χ3v) is 5.01. The van der Waals surface area contributed by atoms with Gasteiger partial charge in [-0.25, -0.2) is 4.98 Å². The number of aromatic nitrogens is 5. The number of fused-ring (bicyclic) bond motifs is 1. The zero-order valence-corrected chi connectivity index (χ0v) is 17.0. The molecule has 0 aromatic carbocycles. The molecule has 4 rings (SSSR count). The highest BCUT2D eigenvalue weighted by molar-refractivity contribution is 5.86. The number of rotatable bonds is 10. The normalized spacial score (nSPS) is 14.2. The zero-order chi connectivity index (χ0) is 20.9. The number of pyridine rings is 1. The summed E-state index contributed by atoms with van der Waals surface area (Å²) in [5, 5.41) is 17.6. The highest BCUT2D eigenvalue weighted by Crippen LogP contribution is 2.23. The van der Waals surface area contributed by atoms with Crippen LogP contribution in [-0.4, -0.2) is 55.7 Å². The molecule has 0 unspecified atom stereocenters. The van der Waals surface area contributed by atoms with Crippen LogP contribution in [0.5, 0.6) is 0 Å². The molecule has 0 amide bonds. The van der Waals surface area contributed by atoms with Crippen LogP contribution in [0.3, 0.4) is 0 Å². The Balaban J connectivity index is 1.60. The Bertz CT molecular complexity index is 1000. The molecular formula is C20H27N7O3. The predicted molar refractivity (Wildman–Crippen MR) is 112 cm³/mol. The maximum Gasteiger partial charge on any atom is 0.222 e. The van der Waals surface area contributed by atoms with Crippen LogP contribution in [0.4, 0.5) is 11.8 Å². The Morgan fingerprint density at radius 1 is 1.33 bits per heavy atom. The van der Waals surface area contributed by atoms with Crippen molar-refractivity contribution in [2.75, 3.05) is 30.8 Å². The average molecular weight is 413 g/mol. The second kappa shape index (κ2) is 9.33. The topological polar surface area (TPSA) is 133 Å². The van der Waals surface area contributed by atoms with Gasteiger partial charge >= 0.3 is 0 Å². The van der Waals surface area contributed by atoms with Crippen molar-refractivity contribution in [1.82, 2.24) is 24.7 Å². The summed E-state index contributed by atoms with van der Waals surface area (Å²) in [6.45, 7) is 4.89. The minimum absolute atomic E-state index is 0.139. The van der Waals surface area contributed by atoms with Crippen LogP contribution in [0, 0.1) is 0 Å². The third kappa shape index (κ3) is 4.50. The molecule has 160 valence electrons. The molecule has 1 aliphatic rings. The Morgan fingerprint density at radius 2 is 2.20 bits per heavy atom. The van der Waals surface area contributed by atoms with Crippen molar-refractivity contribution < 1.29 is 14.6 Å². The van der Waals surface area contributed by atoms with Crippen LogP contribution in [0.15, 0.2) is 18.5 Å². The lowest BCUT2D eigenvalue weighted by Crippen LogP contribution is -2.35. The number of nitrogens with one attached hydrogen (secondary N) is 1. The molecule has 0 radical (unpaired) electrons. The average Bonchev–Trinajstić information content (AvgIpc) is 3.09. The van der Waals surface area contributed by atoms with E-state index in [4.69, 9.17) is 15.2 Å². The molecule has 10 heteroatoms. The summed E-state index contributed by atoms with van der Waals surface area (Å²) in [5.41, 5.74) is 9.72. The van der Waals surface area contributed by atoms with E-state index in [2.05, 4.69) is 32.3 Å². The molecule has 0 aliphatic carbocycles. The maximum atomic E-state index is 9.76. The van der Waals surface area contributed by atoms with E-state index >= 15 is 0 Å². The number of unbranched alkanes of at least 4 members (excludes halogenated alkanes) is 1. The first-order valence-electron chi connectivity index (χ1n) is 10.2. The van der Waals surface area contributed by atoms with Gasteiger partial charge in [0.15, 0.2) is 5.82 Å². The van der Waals surface area contributed by atoms with Crippen molar-refractivity contribution >= 4 is 22.8 Å². The number of anilines is 2. The van der Waals surface area contributed by atoms with E-state index in [1.54, 1.807) is 12.4 Å². The minimum Gasteiger partial charge on any atom is -0.390 e. The molecule has 30 heavy (non-hydrogen) atoms. The Morgan fingerprint density at radius 3 is 2.93 bits per heavy atom. The molecule has 1 saturated heterocycles. The maximum absolute atomic E-state index is 9.76. The van der Waals surface area contributed by atoms with Crippen LogP contribution in [0.25, 0.3) is 11.0 Å². The van der Waals surface area contributed by atoms with Gasteiger partial charge in [0.2, 0.25) is 5.95 Å². The Labute approximate surface area is 174 Å². The number of hydrogen-bond acceptors (Lipinski definition) is 9. The van der Waals surface area contributed by atoms with Crippen LogP contribution in [0.2, 0.25) is 0 Å². The van der Waals surface area contributed by atoms with Gasteiger partial charge in [-0.15, -0.1) is 0 Å². The molecule has 4 N–H and O–H groups in total. The summed E-state index contributed by atoms with van der Waals surface area (Å²) in [5.74, 6) is 0.865. The standard InChI is InChI=1S/C20H27N7O3/c1-2-3-4-22-19-18-16(25-20(21)26-19)7-24-27(18)8-14-5-13(6-23-17(14)9-28)10-30-15-11-29-12-15/h5-7,15,28H,2-4,8-12H2,1H3,(H3,21,22,25,26). The minimum atomic E-state index is -0.156. The van der Waals surface area contributed by atoms with E-state index in [-0.39, 0.29) is 18.7 Å². The van der Waals surface area contributed by atoms with Gasteiger partial charge in [-0.1, -0.05) is 13.3 Å². The van der Waals surface area contributed by atoms with Crippen LogP contribution in [0.1, 0.15) is 36.6 Å². The van der Waals surface area contributed by atoms with Gasteiger partial charge in [-0.05, 0) is 23.6 Å². The van der Waals surface area contributed by atoms with Crippen molar-refractivity contribution in [2.45, 2.75) is 45.6 Å².